The molecule has 2 rings (SSSR count). The number of nitrogens with zero attached hydrogens (tertiary/aromatic N) is 2. The molecule has 0 fully saturated rings. The van der Waals surface area contributed by atoms with Gasteiger partial charge in [-0.2, -0.15) is 0 Å². The summed E-state index contributed by atoms with van der Waals surface area (Å²) in [7, 11) is -3.71. The summed E-state index contributed by atoms with van der Waals surface area (Å²) in [5.74, 6) is -3.46. The number of aliphatic imine (C=N–C) groups is 1. The minimum atomic E-state index is -3.71. The Morgan fingerprint density at radius 3 is 2.40 bits per heavy atom. The molecule has 1 aromatic rings. The maximum absolute atomic E-state index is 14.2. The summed E-state index contributed by atoms with van der Waals surface area (Å²) in [6.45, 7) is -0.0290. The number of benzene rings is 1. The van der Waals surface area contributed by atoms with E-state index in [0.29, 0.717) is 12.1 Å². The van der Waals surface area contributed by atoms with Gasteiger partial charge in [0.25, 0.3) is 5.69 Å². The van der Waals surface area contributed by atoms with Crippen LogP contribution >= 0.6 is 0 Å². The van der Waals surface area contributed by atoms with Crippen LogP contribution in [0.5, 0.6) is 0 Å². The minimum Gasteiger partial charge on any atom is -0.386 e. The summed E-state index contributed by atoms with van der Waals surface area (Å²) in [6.07, 6.45) is 0.422. The van der Waals surface area contributed by atoms with E-state index in [0.717, 1.165) is 6.26 Å². The highest BCUT2D eigenvalue weighted by atomic mass is 32.2. The summed E-state index contributed by atoms with van der Waals surface area (Å²) < 4.78 is 64.1. The Labute approximate surface area is 141 Å². The quantitative estimate of drug-likeness (QED) is 0.634. The summed E-state index contributed by atoms with van der Waals surface area (Å²) in [4.78, 5) is 13.8. The van der Waals surface area contributed by atoms with Gasteiger partial charge in [0.2, 0.25) is 0 Å². The number of non-ortho nitro benzene ring substituents is 1. The largest absolute Gasteiger partial charge is 0.386 e. The average Bonchev–Trinajstić information content (AvgIpc) is 2.51. The van der Waals surface area contributed by atoms with E-state index in [-0.39, 0.29) is 12.8 Å². The van der Waals surface area contributed by atoms with Crippen molar-refractivity contribution in [1.29, 1.82) is 0 Å². The van der Waals surface area contributed by atoms with Crippen LogP contribution in [-0.4, -0.2) is 36.9 Å². The van der Waals surface area contributed by atoms with Crippen LogP contribution in [0.4, 0.5) is 18.9 Å². The molecule has 7 nitrogen and oxygen atoms in total. The standard InChI is InChI=1S/C14H16F3N3O4S/c1-13(25(2,23)24)3-4-14(7-15,19-12(13)18)9-5-8(20(21)22)6-10(16)11(9)17/h5-6H,3-4,7H2,1-2H3,(H2,18,19)/t13-,14+/m0/s1. The molecular weight excluding hydrogens is 363 g/mol. The SMILES string of the molecule is C[C@]1(S(C)(=O)=O)CC[C@@](CF)(c2cc([N+](=O)[O-])cc(F)c2F)N=C1N. The van der Waals surface area contributed by atoms with Gasteiger partial charge in [0.05, 0.1) is 11.0 Å². The molecule has 138 valence electrons. The lowest BCUT2D eigenvalue weighted by Crippen LogP contribution is -2.53. The van der Waals surface area contributed by atoms with Gasteiger partial charge in [-0.1, -0.05) is 0 Å². The first-order valence-corrected chi connectivity index (χ1v) is 9.02. The fourth-order valence-corrected chi connectivity index (χ4v) is 3.63. The highest BCUT2D eigenvalue weighted by Gasteiger charge is 2.49. The second-order valence-electron chi connectivity index (χ2n) is 6.21. The lowest BCUT2D eigenvalue weighted by Gasteiger charge is -2.39. The molecule has 0 aromatic heterocycles. The molecule has 0 amide bonds. The molecule has 1 aromatic carbocycles. The van der Waals surface area contributed by atoms with Crippen molar-refractivity contribution in [3.63, 3.8) is 0 Å². The van der Waals surface area contributed by atoms with E-state index >= 15 is 0 Å². The van der Waals surface area contributed by atoms with Crippen LogP contribution in [0, 0.1) is 21.7 Å². The number of alkyl halides is 1. The topological polar surface area (TPSA) is 116 Å². The third kappa shape index (κ3) is 2.96. The predicted octanol–water partition coefficient (Wildman–Crippen LogP) is 1.99. The van der Waals surface area contributed by atoms with Crippen LogP contribution < -0.4 is 5.73 Å². The Balaban J connectivity index is 2.71. The number of nitro benzene ring substituents is 1. The number of hydrogen-bond donors (Lipinski definition) is 1. The van der Waals surface area contributed by atoms with Crippen LogP contribution in [0.1, 0.15) is 25.3 Å². The van der Waals surface area contributed by atoms with E-state index in [1.165, 1.54) is 6.92 Å². The van der Waals surface area contributed by atoms with Gasteiger partial charge in [0.1, 0.15) is 22.8 Å². The lowest BCUT2D eigenvalue weighted by atomic mass is 9.80. The molecule has 0 spiro atoms. The zero-order chi connectivity index (χ0) is 19.2. The first-order chi connectivity index (χ1) is 11.4. The minimum absolute atomic E-state index is 0.200. The normalized spacial score (nSPS) is 27.0. The summed E-state index contributed by atoms with van der Waals surface area (Å²) in [5, 5.41) is 10.9. The fraction of sp³-hybridized carbons (Fsp3) is 0.500. The van der Waals surface area contributed by atoms with Crippen LogP contribution in [0.2, 0.25) is 0 Å². The van der Waals surface area contributed by atoms with Gasteiger partial charge in [-0.3, -0.25) is 15.1 Å². The molecule has 0 unspecified atom stereocenters. The van der Waals surface area contributed by atoms with Crippen molar-refractivity contribution < 1.29 is 26.5 Å². The molecule has 1 aliphatic rings. The number of sulfone groups is 1. The van der Waals surface area contributed by atoms with Crippen LogP contribution in [0.15, 0.2) is 17.1 Å². The number of nitro groups is 1. The second kappa shape index (κ2) is 5.97. The van der Waals surface area contributed by atoms with E-state index in [9.17, 15) is 31.7 Å². The number of rotatable bonds is 4. The van der Waals surface area contributed by atoms with Gasteiger partial charge in [0, 0.05) is 17.9 Å². The molecular formula is C14H16F3N3O4S. The maximum Gasteiger partial charge on any atom is 0.272 e. The fourth-order valence-electron chi connectivity index (χ4n) is 2.74. The summed E-state index contributed by atoms with van der Waals surface area (Å²) >= 11 is 0. The molecule has 2 atom stereocenters. The van der Waals surface area contributed by atoms with Gasteiger partial charge in [0.15, 0.2) is 21.5 Å². The molecule has 0 saturated carbocycles. The Hall–Kier alpha value is -2.17. The van der Waals surface area contributed by atoms with Gasteiger partial charge < -0.3 is 5.73 Å². The maximum atomic E-state index is 14.2. The van der Waals surface area contributed by atoms with Gasteiger partial charge in [-0.15, -0.1) is 0 Å². The van der Waals surface area contributed by atoms with E-state index in [1.807, 2.05) is 0 Å². The summed E-state index contributed by atoms with van der Waals surface area (Å²) in [5.41, 5.74) is 2.27. The van der Waals surface area contributed by atoms with Crippen molar-refractivity contribution in [3.05, 3.63) is 39.4 Å². The second-order valence-corrected chi connectivity index (χ2v) is 8.66. The van der Waals surface area contributed by atoms with E-state index in [1.54, 1.807) is 0 Å². The van der Waals surface area contributed by atoms with Gasteiger partial charge in [-0.05, 0) is 19.8 Å². The van der Waals surface area contributed by atoms with Crippen molar-refractivity contribution in [1.82, 2.24) is 0 Å². The monoisotopic (exact) mass is 379 g/mol. The average molecular weight is 379 g/mol. The molecule has 11 heteroatoms. The van der Waals surface area contributed by atoms with Gasteiger partial charge in [-0.25, -0.2) is 21.6 Å². The lowest BCUT2D eigenvalue weighted by molar-refractivity contribution is -0.385. The third-order valence-corrected chi connectivity index (χ3v) is 6.71. The highest BCUT2D eigenvalue weighted by molar-refractivity contribution is 7.92. The Morgan fingerprint density at radius 2 is 1.96 bits per heavy atom. The van der Waals surface area contributed by atoms with Crippen LogP contribution in [0.25, 0.3) is 0 Å². The molecule has 0 aliphatic carbocycles. The number of amidine groups is 1. The van der Waals surface area contributed by atoms with Crippen molar-refractivity contribution in [2.75, 3.05) is 12.9 Å². The van der Waals surface area contributed by atoms with Crippen LogP contribution in [-0.2, 0) is 15.4 Å². The molecule has 1 heterocycles. The van der Waals surface area contributed by atoms with Crippen LogP contribution in [0.3, 0.4) is 0 Å². The number of hydrogen-bond acceptors (Lipinski definition) is 6. The predicted molar refractivity (Wildman–Crippen MR) is 84.8 cm³/mol. The van der Waals surface area contributed by atoms with E-state index < -0.39 is 60.4 Å². The zero-order valence-corrected chi connectivity index (χ0v) is 14.2. The zero-order valence-electron chi connectivity index (χ0n) is 13.4. The smallest absolute Gasteiger partial charge is 0.272 e. The Kier molecular flexibility index (Phi) is 4.58. The molecule has 1 aliphatic heterocycles. The number of nitrogens with two attached hydrogens (primary N) is 1. The van der Waals surface area contributed by atoms with Crippen molar-refractivity contribution in [2.24, 2.45) is 10.7 Å². The Bertz CT molecular complexity index is 874. The summed E-state index contributed by atoms with van der Waals surface area (Å²) in [6, 6.07) is 1.07. The highest BCUT2D eigenvalue weighted by Crippen LogP contribution is 2.43. The van der Waals surface area contributed by atoms with Crippen molar-refractivity contribution >= 4 is 21.4 Å². The first kappa shape index (κ1) is 19.2. The first-order valence-electron chi connectivity index (χ1n) is 7.13. The molecule has 0 saturated heterocycles. The van der Waals surface area contributed by atoms with E-state index in [4.69, 9.17) is 5.73 Å². The third-order valence-electron chi connectivity index (χ3n) is 4.66. The van der Waals surface area contributed by atoms with Crippen molar-refractivity contribution in [2.45, 2.75) is 30.1 Å². The molecule has 0 bridgehead atoms. The van der Waals surface area contributed by atoms with Gasteiger partial charge >= 0.3 is 0 Å². The molecule has 2 N–H and O–H groups in total. The molecule has 0 radical (unpaired) electrons. The molecule has 25 heavy (non-hydrogen) atoms. The Morgan fingerprint density at radius 1 is 1.36 bits per heavy atom. The van der Waals surface area contributed by atoms with Crippen molar-refractivity contribution in [3.8, 4) is 0 Å². The van der Waals surface area contributed by atoms with E-state index in [2.05, 4.69) is 4.99 Å². The number of halogens is 3.